The second kappa shape index (κ2) is 9.73. The van der Waals surface area contributed by atoms with Gasteiger partial charge in [0.1, 0.15) is 5.82 Å². The number of nitrogens with one attached hydrogen (secondary N) is 2. The summed E-state index contributed by atoms with van der Waals surface area (Å²) in [5, 5.41) is 14.9. The van der Waals surface area contributed by atoms with Gasteiger partial charge < -0.3 is 15.2 Å². The molecule has 0 aliphatic carbocycles. The van der Waals surface area contributed by atoms with Crippen molar-refractivity contribution in [2.75, 3.05) is 11.1 Å². The molecule has 0 aliphatic rings. The molecule has 0 aliphatic heterocycles. The highest BCUT2D eigenvalue weighted by molar-refractivity contribution is 7.99. The summed E-state index contributed by atoms with van der Waals surface area (Å²) in [6, 6.07) is 11.7. The number of amides is 2. The van der Waals surface area contributed by atoms with Crippen molar-refractivity contribution in [2.45, 2.75) is 18.1 Å². The standard InChI is InChI=1S/C20H19ClFN5O2S/c1-12(23-19(29)13-3-5-14(21)6-4-13)18-25-26-20(27(18)2)30-11-17(28)24-16-9-7-15(22)8-10-16/h3-10,12H,11H2,1-2H3,(H,23,29)(H,24,28)/t12-/m0/s1. The third-order valence-corrected chi connectivity index (χ3v) is 5.44. The van der Waals surface area contributed by atoms with Crippen LogP contribution in [-0.4, -0.2) is 32.3 Å². The molecule has 0 saturated heterocycles. The first kappa shape index (κ1) is 21.8. The highest BCUT2D eigenvalue weighted by atomic mass is 35.5. The van der Waals surface area contributed by atoms with E-state index in [1.165, 1.54) is 36.0 Å². The van der Waals surface area contributed by atoms with Gasteiger partial charge in [-0.05, 0) is 55.5 Å². The van der Waals surface area contributed by atoms with Gasteiger partial charge in [0, 0.05) is 23.3 Å². The van der Waals surface area contributed by atoms with Crippen molar-refractivity contribution in [3.05, 3.63) is 70.8 Å². The monoisotopic (exact) mass is 447 g/mol. The Balaban J connectivity index is 1.56. The molecule has 3 rings (SSSR count). The number of hydrogen-bond acceptors (Lipinski definition) is 5. The van der Waals surface area contributed by atoms with Gasteiger partial charge in [-0.15, -0.1) is 10.2 Å². The highest BCUT2D eigenvalue weighted by Crippen LogP contribution is 2.20. The third kappa shape index (κ3) is 5.58. The number of rotatable bonds is 7. The fourth-order valence-corrected chi connectivity index (χ4v) is 3.48. The van der Waals surface area contributed by atoms with Gasteiger partial charge in [-0.2, -0.15) is 0 Å². The average Bonchev–Trinajstić information content (AvgIpc) is 3.09. The predicted molar refractivity (Wildman–Crippen MR) is 114 cm³/mol. The van der Waals surface area contributed by atoms with Crippen LogP contribution >= 0.6 is 23.4 Å². The van der Waals surface area contributed by atoms with Gasteiger partial charge in [0.2, 0.25) is 5.91 Å². The van der Waals surface area contributed by atoms with E-state index in [0.717, 1.165) is 0 Å². The van der Waals surface area contributed by atoms with Crippen LogP contribution in [0, 0.1) is 5.82 Å². The molecule has 2 N–H and O–H groups in total. The molecule has 0 radical (unpaired) electrons. The molecule has 7 nitrogen and oxygen atoms in total. The van der Waals surface area contributed by atoms with Gasteiger partial charge in [0.05, 0.1) is 11.8 Å². The van der Waals surface area contributed by atoms with Crippen molar-refractivity contribution in [1.29, 1.82) is 0 Å². The Bertz CT molecular complexity index is 1040. The normalized spacial score (nSPS) is 11.7. The molecule has 1 aromatic heterocycles. The zero-order valence-corrected chi connectivity index (χ0v) is 17.8. The molecule has 2 amide bonds. The Labute approximate surface area is 182 Å². The lowest BCUT2D eigenvalue weighted by atomic mass is 10.2. The van der Waals surface area contributed by atoms with E-state index in [4.69, 9.17) is 11.6 Å². The van der Waals surface area contributed by atoms with E-state index < -0.39 is 6.04 Å². The summed E-state index contributed by atoms with van der Waals surface area (Å²) in [6.07, 6.45) is 0. The number of anilines is 1. The van der Waals surface area contributed by atoms with Gasteiger partial charge >= 0.3 is 0 Å². The number of halogens is 2. The molecule has 10 heteroatoms. The van der Waals surface area contributed by atoms with Crippen molar-refractivity contribution in [2.24, 2.45) is 7.05 Å². The predicted octanol–water partition coefficient (Wildman–Crippen LogP) is 3.83. The average molecular weight is 448 g/mol. The van der Waals surface area contributed by atoms with Crippen LogP contribution < -0.4 is 10.6 Å². The number of aromatic nitrogens is 3. The molecule has 0 unspecified atom stereocenters. The first-order valence-electron chi connectivity index (χ1n) is 8.97. The lowest BCUT2D eigenvalue weighted by Crippen LogP contribution is -2.28. The minimum absolute atomic E-state index is 0.106. The van der Waals surface area contributed by atoms with Gasteiger partial charge in [-0.1, -0.05) is 23.4 Å². The van der Waals surface area contributed by atoms with Crippen LogP contribution in [0.3, 0.4) is 0 Å². The van der Waals surface area contributed by atoms with E-state index in [1.54, 1.807) is 42.8 Å². The Morgan fingerprint density at radius 2 is 1.80 bits per heavy atom. The molecule has 0 spiro atoms. The Morgan fingerprint density at radius 3 is 2.47 bits per heavy atom. The first-order chi connectivity index (χ1) is 14.3. The molecular weight excluding hydrogens is 429 g/mol. The lowest BCUT2D eigenvalue weighted by Gasteiger charge is -2.13. The van der Waals surface area contributed by atoms with E-state index >= 15 is 0 Å². The summed E-state index contributed by atoms with van der Waals surface area (Å²) in [5.74, 6) is -0.213. The summed E-state index contributed by atoms with van der Waals surface area (Å²) >= 11 is 7.05. The number of carbonyl (C=O) groups is 2. The maximum absolute atomic E-state index is 12.9. The number of hydrogen-bond donors (Lipinski definition) is 2. The summed E-state index contributed by atoms with van der Waals surface area (Å²) in [4.78, 5) is 24.5. The molecule has 0 fully saturated rings. The Kier molecular flexibility index (Phi) is 7.07. The molecule has 0 saturated carbocycles. The largest absolute Gasteiger partial charge is 0.342 e. The first-order valence-corrected chi connectivity index (χ1v) is 10.3. The maximum Gasteiger partial charge on any atom is 0.251 e. The zero-order chi connectivity index (χ0) is 21.7. The van der Waals surface area contributed by atoms with Crippen LogP contribution in [0.5, 0.6) is 0 Å². The van der Waals surface area contributed by atoms with Crippen LogP contribution in [0.2, 0.25) is 5.02 Å². The van der Waals surface area contributed by atoms with Gasteiger partial charge in [-0.3, -0.25) is 9.59 Å². The smallest absolute Gasteiger partial charge is 0.251 e. The molecule has 2 aromatic carbocycles. The Hall–Kier alpha value is -2.91. The molecule has 1 atom stereocenters. The molecule has 1 heterocycles. The topological polar surface area (TPSA) is 88.9 Å². The van der Waals surface area contributed by atoms with Crippen molar-refractivity contribution in [3.8, 4) is 0 Å². The minimum atomic E-state index is -0.395. The fraction of sp³-hybridized carbons (Fsp3) is 0.200. The van der Waals surface area contributed by atoms with E-state index in [2.05, 4.69) is 20.8 Å². The molecule has 3 aromatic rings. The minimum Gasteiger partial charge on any atom is -0.342 e. The number of thioether (sulfide) groups is 1. The van der Waals surface area contributed by atoms with Gasteiger partial charge in [-0.25, -0.2) is 4.39 Å². The van der Waals surface area contributed by atoms with Crippen LogP contribution in [0.4, 0.5) is 10.1 Å². The quantitative estimate of drug-likeness (QED) is 0.537. The summed E-state index contributed by atoms with van der Waals surface area (Å²) in [7, 11) is 1.76. The van der Waals surface area contributed by atoms with E-state index in [0.29, 0.717) is 27.3 Å². The summed E-state index contributed by atoms with van der Waals surface area (Å²) in [5.41, 5.74) is 1.000. The molecule has 30 heavy (non-hydrogen) atoms. The fourth-order valence-electron chi connectivity index (χ4n) is 2.64. The lowest BCUT2D eigenvalue weighted by molar-refractivity contribution is -0.113. The zero-order valence-electron chi connectivity index (χ0n) is 16.2. The van der Waals surface area contributed by atoms with E-state index in [9.17, 15) is 14.0 Å². The molecule has 156 valence electrons. The second-order valence-corrected chi connectivity index (χ2v) is 7.82. The van der Waals surface area contributed by atoms with E-state index in [1.807, 2.05) is 0 Å². The second-order valence-electron chi connectivity index (χ2n) is 6.45. The summed E-state index contributed by atoms with van der Waals surface area (Å²) < 4.78 is 14.7. The Morgan fingerprint density at radius 1 is 1.13 bits per heavy atom. The number of nitrogens with zero attached hydrogens (tertiary/aromatic N) is 3. The number of carbonyl (C=O) groups excluding carboxylic acids is 2. The SMILES string of the molecule is C[C@H](NC(=O)c1ccc(Cl)cc1)c1nnc(SCC(=O)Nc2ccc(F)cc2)n1C. The van der Waals surface area contributed by atoms with Crippen molar-refractivity contribution < 1.29 is 14.0 Å². The molecule has 0 bridgehead atoms. The van der Waals surface area contributed by atoms with Crippen LogP contribution in [-0.2, 0) is 11.8 Å². The maximum atomic E-state index is 12.9. The third-order valence-electron chi connectivity index (χ3n) is 4.17. The van der Waals surface area contributed by atoms with Crippen LogP contribution in [0.1, 0.15) is 29.1 Å². The van der Waals surface area contributed by atoms with Gasteiger partial charge in [0.15, 0.2) is 11.0 Å². The van der Waals surface area contributed by atoms with Crippen molar-refractivity contribution in [3.63, 3.8) is 0 Å². The van der Waals surface area contributed by atoms with Crippen molar-refractivity contribution >= 4 is 40.9 Å². The summed E-state index contributed by atoms with van der Waals surface area (Å²) in [6.45, 7) is 1.80. The van der Waals surface area contributed by atoms with Crippen molar-refractivity contribution in [1.82, 2.24) is 20.1 Å². The van der Waals surface area contributed by atoms with Crippen LogP contribution in [0.15, 0.2) is 53.7 Å². The van der Waals surface area contributed by atoms with Gasteiger partial charge in [0.25, 0.3) is 5.91 Å². The van der Waals surface area contributed by atoms with Crippen LogP contribution in [0.25, 0.3) is 0 Å². The highest BCUT2D eigenvalue weighted by Gasteiger charge is 2.19. The van der Waals surface area contributed by atoms with E-state index in [-0.39, 0.29) is 23.4 Å². The molecular formula is C20H19ClFN5O2S. The number of benzene rings is 2.